The van der Waals surface area contributed by atoms with E-state index in [2.05, 4.69) is 48.4 Å². The minimum Gasteiger partial charge on any atom is -0.305 e. The number of pyridine rings is 1. The van der Waals surface area contributed by atoms with Gasteiger partial charge in [0.05, 0.1) is 17.9 Å². The van der Waals surface area contributed by atoms with Gasteiger partial charge < -0.3 is 5.32 Å². The van der Waals surface area contributed by atoms with Crippen LogP contribution in [0.4, 0.5) is 0 Å². The Kier molecular flexibility index (Phi) is 4.10. The summed E-state index contributed by atoms with van der Waals surface area (Å²) < 4.78 is 1.94. The van der Waals surface area contributed by atoms with Crippen molar-refractivity contribution in [2.75, 3.05) is 6.54 Å². The maximum atomic E-state index is 4.51. The molecule has 0 saturated carbocycles. The Morgan fingerprint density at radius 2 is 2.22 bits per heavy atom. The van der Waals surface area contributed by atoms with E-state index in [-0.39, 0.29) is 6.04 Å². The van der Waals surface area contributed by atoms with Crippen LogP contribution in [0.15, 0.2) is 30.7 Å². The summed E-state index contributed by atoms with van der Waals surface area (Å²) in [7, 11) is 0. The van der Waals surface area contributed by atoms with Crippen LogP contribution in [0, 0.1) is 6.92 Å². The van der Waals surface area contributed by atoms with Gasteiger partial charge in [-0.25, -0.2) is 0 Å². The Bertz CT molecular complexity index is 504. The summed E-state index contributed by atoms with van der Waals surface area (Å²) in [6.45, 7) is 8.08. The third-order valence-corrected chi connectivity index (χ3v) is 3.04. The van der Waals surface area contributed by atoms with Gasteiger partial charge in [0.25, 0.3) is 0 Å². The van der Waals surface area contributed by atoms with Gasteiger partial charge in [-0.15, -0.1) is 0 Å². The van der Waals surface area contributed by atoms with Crippen LogP contribution in [0.2, 0.25) is 0 Å². The molecule has 0 spiro atoms. The number of hydrogen-bond donors (Lipinski definition) is 1. The third kappa shape index (κ3) is 2.59. The first-order chi connectivity index (χ1) is 8.76. The highest BCUT2D eigenvalue weighted by molar-refractivity contribution is 5.29. The zero-order valence-corrected chi connectivity index (χ0v) is 11.2. The molecule has 1 atom stereocenters. The quantitative estimate of drug-likeness (QED) is 0.877. The molecular weight excluding hydrogens is 224 g/mol. The normalized spacial score (nSPS) is 12.6. The predicted molar refractivity (Wildman–Crippen MR) is 72.4 cm³/mol. The van der Waals surface area contributed by atoms with Gasteiger partial charge >= 0.3 is 0 Å². The fourth-order valence-corrected chi connectivity index (χ4v) is 2.08. The van der Waals surface area contributed by atoms with Gasteiger partial charge in [-0.1, -0.05) is 13.0 Å². The van der Waals surface area contributed by atoms with Gasteiger partial charge in [0.1, 0.15) is 0 Å². The molecule has 0 aromatic carbocycles. The molecule has 4 nitrogen and oxygen atoms in total. The molecule has 2 aromatic rings. The van der Waals surface area contributed by atoms with E-state index in [0.717, 1.165) is 18.8 Å². The summed E-state index contributed by atoms with van der Waals surface area (Å²) in [5.41, 5.74) is 3.45. The van der Waals surface area contributed by atoms with Crippen LogP contribution < -0.4 is 5.32 Å². The Hall–Kier alpha value is -1.68. The molecule has 0 aliphatic carbocycles. The van der Waals surface area contributed by atoms with Crippen molar-refractivity contribution in [1.29, 1.82) is 0 Å². The van der Waals surface area contributed by atoms with Crippen LogP contribution in [0.5, 0.6) is 0 Å². The van der Waals surface area contributed by atoms with E-state index < -0.39 is 0 Å². The molecule has 96 valence electrons. The number of nitrogens with zero attached hydrogens (tertiary/aromatic N) is 3. The van der Waals surface area contributed by atoms with Gasteiger partial charge in [0.15, 0.2) is 0 Å². The Morgan fingerprint density at radius 1 is 1.39 bits per heavy atom. The van der Waals surface area contributed by atoms with Gasteiger partial charge in [-0.3, -0.25) is 9.67 Å². The molecule has 0 saturated heterocycles. The molecule has 2 heterocycles. The van der Waals surface area contributed by atoms with Crippen molar-refractivity contribution in [3.05, 3.63) is 47.5 Å². The Labute approximate surface area is 108 Å². The van der Waals surface area contributed by atoms with E-state index in [9.17, 15) is 0 Å². The van der Waals surface area contributed by atoms with Crippen LogP contribution in [-0.4, -0.2) is 21.3 Å². The molecular formula is C14H20N4. The van der Waals surface area contributed by atoms with Gasteiger partial charge in [-0.05, 0) is 32.0 Å². The molecule has 2 rings (SSSR count). The molecule has 0 radical (unpaired) electrons. The topological polar surface area (TPSA) is 42.7 Å². The fourth-order valence-electron chi connectivity index (χ4n) is 2.08. The maximum Gasteiger partial charge on any atom is 0.0784 e. The minimum absolute atomic E-state index is 0.122. The summed E-state index contributed by atoms with van der Waals surface area (Å²) in [6, 6.07) is 4.19. The maximum absolute atomic E-state index is 4.51. The SMILES string of the molecule is CCNC(c1cnn(CC)c1)c1ncccc1C. The lowest BCUT2D eigenvalue weighted by Crippen LogP contribution is -2.23. The van der Waals surface area contributed by atoms with E-state index in [4.69, 9.17) is 0 Å². The summed E-state index contributed by atoms with van der Waals surface area (Å²) in [4.78, 5) is 4.51. The van der Waals surface area contributed by atoms with E-state index in [1.54, 1.807) is 0 Å². The van der Waals surface area contributed by atoms with Crippen LogP contribution in [0.25, 0.3) is 0 Å². The predicted octanol–water partition coefficient (Wildman–Crippen LogP) is 2.31. The van der Waals surface area contributed by atoms with Gasteiger partial charge in [0, 0.05) is 24.5 Å². The van der Waals surface area contributed by atoms with Crippen LogP contribution in [0.3, 0.4) is 0 Å². The van der Waals surface area contributed by atoms with Crippen molar-refractivity contribution in [2.45, 2.75) is 33.4 Å². The number of nitrogens with one attached hydrogen (secondary N) is 1. The van der Waals surface area contributed by atoms with E-state index >= 15 is 0 Å². The fraction of sp³-hybridized carbons (Fsp3) is 0.429. The molecule has 2 aromatic heterocycles. The zero-order chi connectivity index (χ0) is 13.0. The summed E-state index contributed by atoms with van der Waals surface area (Å²) in [6.07, 6.45) is 5.85. The summed E-state index contributed by atoms with van der Waals surface area (Å²) >= 11 is 0. The highest BCUT2D eigenvalue weighted by Crippen LogP contribution is 2.22. The van der Waals surface area contributed by atoms with Crippen LogP contribution >= 0.6 is 0 Å². The molecule has 0 aliphatic heterocycles. The smallest absolute Gasteiger partial charge is 0.0784 e. The van der Waals surface area contributed by atoms with Crippen molar-refractivity contribution in [3.8, 4) is 0 Å². The highest BCUT2D eigenvalue weighted by Gasteiger charge is 2.17. The van der Waals surface area contributed by atoms with Crippen molar-refractivity contribution in [3.63, 3.8) is 0 Å². The second-order valence-corrected chi connectivity index (χ2v) is 4.33. The lowest BCUT2D eigenvalue weighted by molar-refractivity contribution is 0.608. The first-order valence-electron chi connectivity index (χ1n) is 6.43. The monoisotopic (exact) mass is 244 g/mol. The van der Waals surface area contributed by atoms with E-state index in [1.807, 2.05) is 23.1 Å². The van der Waals surface area contributed by atoms with Gasteiger partial charge in [-0.2, -0.15) is 5.10 Å². The first kappa shape index (κ1) is 12.8. The van der Waals surface area contributed by atoms with Crippen LogP contribution in [-0.2, 0) is 6.54 Å². The van der Waals surface area contributed by atoms with Crippen molar-refractivity contribution >= 4 is 0 Å². The average Bonchev–Trinajstić information content (AvgIpc) is 2.85. The summed E-state index contributed by atoms with van der Waals surface area (Å²) in [5, 5.41) is 7.82. The van der Waals surface area contributed by atoms with E-state index in [0.29, 0.717) is 0 Å². The average molecular weight is 244 g/mol. The summed E-state index contributed by atoms with van der Waals surface area (Å²) in [5.74, 6) is 0. The third-order valence-electron chi connectivity index (χ3n) is 3.04. The molecule has 0 aliphatic rings. The molecule has 1 unspecified atom stereocenters. The second-order valence-electron chi connectivity index (χ2n) is 4.33. The van der Waals surface area contributed by atoms with Crippen LogP contribution in [0.1, 0.15) is 36.7 Å². The molecule has 18 heavy (non-hydrogen) atoms. The number of aryl methyl sites for hydroxylation is 2. The van der Waals surface area contributed by atoms with Crippen molar-refractivity contribution in [2.24, 2.45) is 0 Å². The van der Waals surface area contributed by atoms with Gasteiger partial charge in [0.2, 0.25) is 0 Å². The lowest BCUT2D eigenvalue weighted by atomic mass is 10.0. The first-order valence-corrected chi connectivity index (χ1v) is 6.43. The molecule has 0 amide bonds. The zero-order valence-electron chi connectivity index (χ0n) is 11.2. The molecule has 0 fully saturated rings. The van der Waals surface area contributed by atoms with Crippen molar-refractivity contribution < 1.29 is 0 Å². The van der Waals surface area contributed by atoms with Crippen molar-refractivity contribution in [1.82, 2.24) is 20.1 Å². The number of rotatable bonds is 5. The Balaban J connectivity index is 2.36. The molecule has 0 bridgehead atoms. The second kappa shape index (κ2) is 5.78. The minimum atomic E-state index is 0.122. The highest BCUT2D eigenvalue weighted by atomic mass is 15.3. The lowest BCUT2D eigenvalue weighted by Gasteiger charge is -2.17. The number of hydrogen-bond acceptors (Lipinski definition) is 3. The van der Waals surface area contributed by atoms with E-state index in [1.165, 1.54) is 11.1 Å². The molecule has 4 heteroatoms. The Morgan fingerprint density at radius 3 is 2.83 bits per heavy atom. The standard InChI is InChI=1S/C14H20N4/c1-4-15-14(12-9-17-18(5-2)10-12)13-11(3)7-6-8-16-13/h6-10,14-15H,4-5H2,1-3H3. The molecule has 1 N–H and O–H groups in total. The number of aromatic nitrogens is 3. The largest absolute Gasteiger partial charge is 0.305 e.